The zero-order chi connectivity index (χ0) is 19.6. The highest BCUT2D eigenvalue weighted by Crippen LogP contribution is 2.27. The van der Waals surface area contributed by atoms with Gasteiger partial charge in [0, 0.05) is 24.1 Å². The van der Waals surface area contributed by atoms with Crippen LogP contribution in [-0.4, -0.2) is 35.8 Å². The van der Waals surface area contributed by atoms with Crippen LogP contribution in [0.1, 0.15) is 19.7 Å². The molecule has 0 saturated carbocycles. The molecule has 5 nitrogen and oxygen atoms in total. The van der Waals surface area contributed by atoms with E-state index in [2.05, 4.69) is 9.97 Å². The number of nitrogens with one attached hydrogen (secondary N) is 1. The number of H-pyrrole nitrogens is 1. The third-order valence-corrected chi connectivity index (χ3v) is 7.21. The van der Waals surface area contributed by atoms with Gasteiger partial charge in [-0.3, -0.25) is 0 Å². The van der Waals surface area contributed by atoms with E-state index in [1.54, 1.807) is 26.0 Å². The molecule has 0 aliphatic heterocycles. The van der Waals surface area contributed by atoms with Crippen LogP contribution in [-0.2, 0) is 15.8 Å². The van der Waals surface area contributed by atoms with Crippen LogP contribution < -0.4 is 0 Å². The Labute approximate surface area is 160 Å². The second kappa shape index (κ2) is 7.95. The van der Waals surface area contributed by atoms with Gasteiger partial charge >= 0.3 is 0 Å². The lowest BCUT2D eigenvalue weighted by atomic mass is 10.3. The second-order valence-electron chi connectivity index (χ2n) is 5.82. The highest BCUT2D eigenvalue weighted by molar-refractivity contribution is 7.98. The molecule has 0 amide bonds. The molecule has 0 saturated heterocycles. The first kappa shape index (κ1) is 19.8. The molecular formula is C18H19F2N3O2S2. The Morgan fingerprint density at radius 2 is 1.85 bits per heavy atom. The average molecular weight is 411 g/mol. The van der Waals surface area contributed by atoms with Gasteiger partial charge in [-0.15, -0.1) is 11.8 Å². The number of aromatic nitrogens is 2. The minimum Gasteiger partial charge on any atom is -0.341 e. The summed E-state index contributed by atoms with van der Waals surface area (Å²) in [6.07, 6.45) is 0. The van der Waals surface area contributed by atoms with E-state index in [1.165, 1.54) is 34.3 Å². The van der Waals surface area contributed by atoms with Crippen molar-refractivity contribution < 1.29 is 17.2 Å². The summed E-state index contributed by atoms with van der Waals surface area (Å²) >= 11 is 1.18. The number of halogens is 2. The molecule has 0 bridgehead atoms. The van der Waals surface area contributed by atoms with E-state index in [0.717, 1.165) is 6.07 Å². The van der Waals surface area contributed by atoms with Crippen LogP contribution in [0.25, 0.3) is 11.0 Å². The number of thioether (sulfide) groups is 1. The van der Waals surface area contributed by atoms with Crippen molar-refractivity contribution in [3.63, 3.8) is 0 Å². The summed E-state index contributed by atoms with van der Waals surface area (Å²) in [4.78, 5) is 8.00. The molecule has 3 rings (SSSR count). The summed E-state index contributed by atoms with van der Waals surface area (Å²) in [6.45, 7) is 4.37. The monoisotopic (exact) mass is 411 g/mol. The number of rotatable bonds is 7. The molecule has 1 aromatic heterocycles. The molecule has 9 heteroatoms. The first-order valence-corrected chi connectivity index (χ1v) is 10.8. The minimum absolute atomic E-state index is 0.200. The molecular weight excluding hydrogens is 392 g/mol. The summed E-state index contributed by atoms with van der Waals surface area (Å²) in [5, 5.41) is 0. The van der Waals surface area contributed by atoms with Gasteiger partial charge in [0.05, 0.1) is 21.7 Å². The molecule has 0 spiro atoms. The molecule has 27 heavy (non-hydrogen) atoms. The van der Waals surface area contributed by atoms with Crippen LogP contribution in [0.2, 0.25) is 0 Å². The summed E-state index contributed by atoms with van der Waals surface area (Å²) in [5.41, 5.74) is 1.22. The average Bonchev–Trinajstić information content (AvgIpc) is 3.03. The van der Waals surface area contributed by atoms with Crippen molar-refractivity contribution in [1.82, 2.24) is 14.3 Å². The van der Waals surface area contributed by atoms with Gasteiger partial charge in [0.15, 0.2) is 0 Å². The fraction of sp³-hybridized carbons (Fsp3) is 0.278. The Bertz CT molecular complexity index is 1060. The number of fused-ring (bicyclic) bond motifs is 1. The third kappa shape index (κ3) is 4.15. The number of imidazole rings is 1. The van der Waals surface area contributed by atoms with Crippen molar-refractivity contribution in [2.45, 2.75) is 29.4 Å². The zero-order valence-electron chi connectivity index (χ0n) is 14.9. The molecule has 0 atom stereocenters. The van der Waals surface area contributed by atoms with Crippen LogP contribution in [0.3, 0.4) is 0 Å². The van der Waals surface area contributed by atoms with Gasteiger partial charge < -0.3 is 4.98 Å². The number of hydrogen-bond donors (Lipinski definition) is 1. The summed E-state index contributed by atoms with van der Waals surface area (Å²) in [7, 11) is -3.55. The lowest BCUT2D eigenvalue weighted by Gasteiger charge is -2.18. The highest BCUT2D eigenvalue weighted by Gasteiger charge is 2.22. The van der Waals surface area contributed by atoms with Crippen LogP contribution in [0.4, 0.5) is 8.78 Å². The maximum atomic E-state index is 13.7. The van der Waals surface area contributed by atoms with Crippen LogP contribution >= 0.6 is 11.8 Å². The quantitative estimate of drug-likeness (QED) is 0.593. The van der Waals surface area contributed by atoms with Gasteiger partial charge in [0.1, 0.15) is 17.5 Å². The predicted octanol–water partition coefficient (Wildman–Crippen LogP) is 4.16. The Morgan fingerprint density at radius 1 is 1.11 bits per heavy atom. The second-order valence-corrected chi connectivity index (χ2v) is 8.77. The Morgan fingerprint density at radius 3 is 2.52 bits per heavy atom. The van der Waals surface area contributed by atoms with E-state index in [4.69, 9.17) is 0 Å². The fourth-order valence-electron chi connectivity index (χ4n) is 2.72. The zero-order valence-corrected chi connectivity index (χ0v) is 16.5. The fourth-order valence-corrected chi connectivity index (χ4v) is 5.00. The van der Waals surface area contributed by atoms with Gasteiger partial charge in [-0.25, -0.2) is 22.2 Å². The van der Waals surface area contributed by atoms with Crippen molar-refractivity contribution in [2.24, 2.45) is 0 Å². The summed E-state index contributed by atoms with van der Waals surface area (Å²) in [5.74, 6) is -0.322. The van der Waals surface area contributed by atoms with Crippen molar-refractivity contribution >= 4 is 32.8 Å². The molecule has 0 aliphatic carbocycles. The molecule has 1 heterocycles. The standard InChI is InChI=1S/C18H19F2N3O2S2/c1-3-23(4-2)27(24,25)13-6-7-15-16(10-13)22-18(21-15)11-26-17-8-5-12(19)9-14(17)20/h5-10H,3-4,11H2,1-2H3,(H,21,22). The van der Waals surface area contributed by atoms with Gasteiger partial charge in [0.25, 0.3) is 0 Å². The molecule has 144 valence electrons. The van der Waals surface area contributed by atoms with Crippen molar-refractivity contribution in [3.8, 4) is 0 Å². The minimum atomic E-state index is -3.55. The van der Waals surface area contributed by atoms with E-state index in [1.807, 2.05) is 0 Å². The first-order chi connectivity index (χ1) is 12.8. The largest absolute Gasteiger partial charge is 0.341 e. The topological polar surface area (TPSA) is 66.1 Å². The predicted molar refractivity (Wildman–Crippen MR) is 102 cm³/mol. The molecule has 0 unspecified atom stereocenters. The lowest BCUT2D eigenvalue weighted by Crippen LogP contribution is -2.30. The molecule has 0 radical (unpaired) electrons. The van der Waals surface area contributed by atoms with E-state index in [0.29, 0.717) is 40.6 Å². The Balaban J connectivity index is 1.83. The van der Waals surface area contributed by atoms with Crippen molar-refractivity contribution in [2.75, 3.05) is 13.1 Å². The van der Waals surface area contributed by atoms with Gasteiger partial charge in [-0.05, 0) is 30.3 Å². The van der Waals surface area contributed by atoms with Gasteiger partial charge in [-0.2, -0.15) is 4.31 Å². The van der Waals surface area contributed by atoms with Crippen molar-refractivity contribution in [1.29, 1.82) is 0 Å². The molecule has 1 N–H and O–H groups in total. The number of nitrogens with zero attached hydrogens (tertiary/aromatic N) is 2. The van der Waals surface area contributed by atoms with Crippen molar-refractivity contribution in [3.05, 3.63) is 53.9 Å². The maximum Gasteiger partial charge on any atom is 0.243 e. The smallest absolute Gasteiger partial charge is 0.243 e. The van der Waals surface area contributed by atoms with Gasteiger partial charge in [0.2, 0.25) is 10.0 Å². The number of hydrogen-bond acceptors (Lipinski definition) is 4. The SMILES string of the molecule is CCN(CC)S(=O)(=O)c1ccc2nc(CSc3ccc(F)cc3F)[nH]c2c1. The van der Waals surface area contributed by atoms with E-state index in [9.17, 15) is 17.2 Å². The molecule has 2 aromatic carbocycles. The van der Waals surface area contributed by atoms with E-state index >= 15 is 0 Å². The summed E-state index contributed by atoms with van der Waals surface area (Å²) in [6, 6.07) is 8.16. The lowest BCUT2D eigenvalue weighted by molar-refractivity contribution is 0.445. The number of aromatic amines is 1. The van der Waals surface area contributed by atoms with Crippen LogP contribution in [0.15, 0.2) is 46.2 Å². The Kier molecular flexibility index (Phi) is 5.83. The van der Waals surface area contributed by atoms with Crippen LogP contribution in [0.5, 0.6) is 0 Å². The number of sulfonamides is 1. The third-order valence-electron chi connectivity index (χ3n) is 4.10. The van der Waals surface area contributed by atoms with E-state index < -0.39 is 21.7 Å². The molecule has 0 aliphatic rings. The van der Waals surface area contributed by atoms with Gasteiger partial charge in [-0.1, -0.05) is 13.8 Å². The first-order valence-electron chi connectivity index (χ1n) is 8.41. The van der Waals surface area contributed by atoms with E-state index in [-0.39, 0.29) is 4.90 Å². The molecule has 3 aromatic rings. The normalized spacial score (nSPS) is 12.2. The maximum absolute atomic E-state index is 13.7. The summed E-state index contributed by atoms with van der Waals surface area (Å²) < 4.78 is 53.4. The van der Waals surface area contributed by atoms with Crippen LogP contribution in [0, 0.1) is 11.6 Å². The molecule has 0 fully saturated rings. The Hall–Kier alpha value is -1.97. The number of benzene rings is 2. The highest BCUT2D eigenvalue weighted by atomic mass is 32.2.